The lowest BCUT2D eigenvalue weighted by Crippen LogP contribution is -2.23. The summed E-state index contributed by atoms with van der Waals surface area (Å²) in [6.07, 6.45) is 22.9. The second-order valence-corrected chi connectivity index (χ2v) is 14.5. The van der Waals surface area contributed by atoms with Crippen molar-refractivity contribution in [2.24, 2.45) is 0 Å². The average molecular weight is 521 g/mol. The SMILES string of the molecule is C=CCCCC.C=CCCCC.C=CCCCC.C=CCCCC.O1[SiH2]O[SiH2]O[SiH2]O[SiH2]1. The lowest BCUT2D eigenvalue weighted by atomic mass is 10.3. The number of allylic oxidation sites excluding steroid dienone is 4. The zero-order chi connectivity index (χ0) is 25.0. The van der Waals surface area contributed by atoms with E-state index in [-0.39, 0.29) is 0 Å². The minimum atomic E-state index is -0.653. The van der Waals surface area contributed by atoms with Crippen molar-refractivity contribution in [2.45, 2.75) is 105 Å². The molecule has 0 aromatic rings. The van der Waals surface area contributed by atoms with Gasteiger partial charge in [0.2, 0.25) is 0 Å². The first kappa shape index (κ1) is 38.9. The standard InChI is InChI=1S/4C6H12.H8O4Si4/c4*1-3-5-6-4-2;1-5-2-7-4-8-3-6-1/h4*3H,1,4-6H2,2H3;5-8H2. The van der Waals surface area contributed by atoms with Gasteiger partial charge in [-0.25, -0.2) is 0 Å². The normalized spacial score (nSPS) is 15.1. The van der Waals surface area contributed by atoms with Gasteiger partial charge in [-0.2, -0.15) is 0 Å². The maximum absolute atomic E-state index is 5.10. The summed E-state index contributed by atoms with van der Waals surface area (Å²) in [4.78, 5) is 0. The summed E-state index contributed by atoms with van der Waals surface area (Å²) in [6, 6.07) is 0. The van der Waals surface area contributed by atoms with Crippen molar-refractivity contribution in [1.82, 2.24) is 0 Å². The Morgan fingerprint density at radius 2 is 0.625 bits per heavy atom. The molecule has 0 N–H and O–H groups in total. The highest BCUT2D eigenvalue weighted by molar-refractivity contribution is 6.50. The molecule has 0 spiro atoms. The molecular weight excluding hydrogens is 465 g/mol. The van der Waals surface area contributed by atoms with E-state index in [1.165, 1.54) is 77.0 Å². The Kier molecular flexibility index (Phi) is 58.6. The molecule has 1 rings (SSSR count). The third-order valence-corrected chi connectivity index (χ3v) is 9.05. The molecule has 192 valence electrons. The zero-order valence-corrected chi connectivity index (χ0v) is 27.7. The van der Waals surface area contributed by atoms with Crippen molar-refractivity contribution in [2.75, 3.05) is 0 Å². The van der Waals surface area contributed by atoms with Crippen LogP contribution in [0.5, 0.6) is 0 Å². The Labute approximate surface area is 211 Å². The van der Waals surface area contributed by atoms with Crippen LogP contribution in [0, 0.1) is 0 Å². The fourth-order valence-electron chi connectivity index (χ4n) is 1.77. The maximum Gasteiger partial charge on any atom is 0.286 e. The van der Waals surface area contributed by atoms with E-state index >= 15 is 0 Å². The Morgan fingerprint density at radius 1 is 0.438 bits per heavy atom. The van der Waals surface area contributed by atoms with Crippen LogP contribution in [0.25, 0.3) is 0 Å². The van der Waals surface area contributed by atoms with E-state index in [0.717, 1.165) is 0 Å². The molecule has 32 heavy (non-hydrogen) atoms. The van der Waals surface area contributed by atoms with E-state index in [9.17, 15) is 0 Å². The molecule has 1 heterocycles. The van der Waals surface area contributed by atoms with Crippen molar-refractivity contribution >= 4 is 40.0 Å². The summed E-state index contributed by atoms with van der Waals surface area (Å²) in [6.45, 7) is 23.1. The number of hydrogen-bond acceptors (Lipinski definition) is 4. The van der Waals surface area contributed by atoms with Gasteiger partial charge >= 0.3 is 0 Å². The molecule has 0 atom stereocenters. The molecule has 1 aliphatic rings. The molecule has 0 bridgehead atoms. The minimum Gasteiger partial charge on any atom is -0.425 e. The Morgan fingerprint density at radius 3 is 0.719 bits per heavy atom. The van der Waals surface area contributed by atoms with Gasteiger partial charge in [0.25, 0.3) is 40.0 Å². The predicted molar refractivity (Wildman–Crippen MR) is 157 cm³/mol. The number of unbranched alkanes of at least 4 members (excludes halogenated alkanes) is 8. The summed E-state index contributed by atoms with van der Waals surface area (Å²) < 4.78 is 20.4. The molecule has 0 unspecified atom stereocenters. The van der Waals surface area contributed by atoms with Gasteiger partial charge in [0.1, 0.15) is 0 Å². The van der Waals surface area contributed by atoms with Crippen molar-refractivity contribution in [3.05, 3.63) is 50.6 Å². The molecule has 0 aromatic heterocycles. The molecule has 0 saturated carbocycles. The lowest BCUT2D eigenvalue weighted by molar-refractivity contribution is 0.347. The molecule has 0 radical (unpaired) electrons. The predicted octanol–water partition coefficient (Wildman–Crippen LogP) is 5.51. The molecule has 0 aromatic carbocycles. The highest BCUT2D eigenvalue weighted by Gasteiger charge is 1.97. The van der Waals surface area contributed by atoms with E-state index in [2.05, 4.69) is 54.0 Å². The van der Waals surface area contributed by atoms with Crippen LogP contribution < -0.4 is 0 Å². The lowest BCUT2D eigenvalue weighted by Gasteiger charge is -2.10. The summed E-state index contributed by atoms with van der Waals surface area (Å²) in [5, 5.41) is 0. The second kappa shape index (κ2) is 48.2. The number of rotatable bonds is 12. The van der Waals surface area contributed by atoms with E-state index in [4.69, 9.17) is 16.5 Å². The quantitative estimate of drug-likeness (QED) is 0.193. The molecule has 1 fully saturated rings. The van der Waals surface area contributed by atoms with Gasteiger partial charge in [0, 0.05) is 0 Å². The third-order valence-electron chi connectivity index (χ3n) is 3.71. The number of hydrogen-bond donors (Lipinski definition) is 0. The maximum atomic E-state index is 5.10. The van der Waals surface area contributed by atoms with Crippen LogP contribution in [0.1, 0.15) is 105 Å². The Hall–Kier alpha value is -0.332. The molecule has 1 saturated heterocycles. The van der Waals surface area contributed by atoms with Crippen LogP contribution >= 0.6 is 0 Å². The van der Waals surface area contributed by atoms with Crippen LogP contribution in [-0.2, 0) is 16.5 Å². The highest BCUT2D eigenvalue weighted by atomic mass is 28.4. The van der Waals surface area contributed by atoms with Crippen LogP contribution in [0.3, 0.4) is 0 Å². The fraction of sp³-hybridized carbons (Fsp3) is 0.667. The van der Waals surface area contributed by atoms with E-state index < -0.39 is 40.0 Å². The van der Waals surface area contributed by atoms with Gasteiger partial charge in [-0.1, -0.05) is 103 Å². The van der Waals surface area contributed by atoms with Crippen LogP contribution in [0.2, 0.25) is 0 Å². The molecule has 8 heteroatoms. The van der Waals surface area contributed by atoms with Gasteiger partial charge in [-0.15, -0.1) is 26.3 Å². The van der Waals surface area contributed by atoms with E-state index in [0.29, 0.717) is 0 Å². The molecule has 0 amide bonds. The van der Waals surface area contributed by atoms with E-state index in [1.54, 1.807) is 0 Å². The van der Waals surface area contributed by atoms with Gasteiger partial charge in [0.05, 0.1) is 0 Å². The summed E-state index contributed by atoms with van der Waals surface area (Å²) in [5.74, 6) is 0. The first-order valence-corrected chi connectivity index (χ1v) is 17.0. The highest BCUT2D eigenvalue weighted by Crippen LogP contribution is 1.93. The van der Waals surface area contributed by atoms with Crippen molar-refractivity contribution < 1.29 is 16.5 Å². The fourth-order valence-corrected chi connectivity index (χ4v) is 8.98. The van der Waals surface area contributed by atoms with Gasteiger partial charge in [0.15, 0.2) is 0 Å². The third kappa shape index (κ3) is 63.0. The van der Waals surface area contributed by atoms with Crippen LogP contribution in [0.15, 0.2) is 50.6 Å². The van der Waals surface area contributed by atoms with Crippen LogP contribution in [-0.4, -0.2) is 40.0 Å². The monoisotopic (exact) mass is 520 g/mol. The van der Waals surface area contributed by atoms with Gasteiger partial charge in [-0.05, 0) is 25.7 Å². The van der Waals surface area contributed by atoms with Crippen molar-refractivity contribution in [1.29, 1.82) is 0 Å². The molecular formula is C24H56O4Si4. The zero-order valence-electron chi connectivity index (χ0n) is 22.1. The smallest absolute Gasteiger partial charge is 0.286 e. The first-order valence-electron chi connectivity index (χ1n) is 12.4. The largest absolute Gasteiger partial charge is 0.425 e. The average Bonchev–Trinajstić information content (AvgIpc) is 2.80. The molecule has 4 nitrogen and oxygen atoms in total. The summed E-state index contributed by atoms with van der Waals surface area (Å²) >= 11 is 0. The second-order valence-electron chi connectivity index (χ2n) is 7.01. The minimum absolute atomic E-state index is 0.653. The first-order chi connectivity index (χ1) is 15.7. The van der Waals surface area contributed by atoms with Crippen molar-refractivity contribution in [3.63, 3.8) is 0 Å². The topological polar surface area (TPSA) is 36.9 Å². The Bertz CT molecular complexity index is 274. The van der Waals surface area contributed by atoms with Crippen LogP contribution in [0.4, 0.5) is 0 Å². The molecule has 0 aliphatic carbocycles. The van der Waals surface area contributed by atoms with Gasteiger partial charge in [-0.3, -0.25) is 0 Å². The Balaban J connectivity index is -0.000000154. The van der Waals surface area contributed by atoms with Crippen molar-refractivity contribution in [3.8, 4) is 0 Å². The van der Waals surface area contributed by atoms with E-state index in [1.807, 2.05) is 24.3 Å². The summed E-state index contributed by atoms with van der Waals surface area (Å²) in [5.41, 5.74) is 0. The summed E-state index contributed by atoms with van der Waals surface area (Å²) in [7, 11) is -2.61. The van der Waals surface area contributed by atoms with Gasteiger partial charge < -0.3 is 16.5 Å². The molecule has 1 aliphatic heterocycles.